The molecule has 0 unspecified atom stereocenters. The highest BCUT2D eigenvalue weighted by Crippen LogP contribution is 2.25. The quantitative estimate of drug-likeness (QED) is 0.832. The van der Waals surface area contributed by atoms with Crippen LogP contribution in [0.2, 0.25) is 0 Å². The molecule has 0 aliphatic carbocycles. The number of hydrogen-bond acceptors (Lipinski definition) is 4. The van der Waals surface area contributed by atoms with Crippen LogP contribution < -0.4 is 10.5 Å². The average molecular weight is 271 g/mol. The van der Waals surface area contributed by atoms with Crippen LogP contribution >= 0.6 is 0 Å². The van der Waals surface area contributed by atoms with Crippen LogP contribution in [0, 0.1) is 13.8 Å². The largest absolute Gasteiger partial charge is 0.492 e. The molecule has 1 aromatic carbocycles. The lowest BCUT2D eigenvalue weighted by Crippen LogP contribution is -2.22. The molecule has 1 rings (SSSR count). The van der Waals surface area contributed by atoms with E-state index in [0.717, 1.165) is 16.9 Å². The first-order valence-corrected chi connectivity index (χ1v) is 7.66. The van der Waals surface area contributed by atoms with E-state index in [4.69, 9.17) is 10.5 Å². The fourth-order valence-corrected chi connectivity index (χ4v) is 2.49. The van der Waals surface area contributed by atoms with Crippen LogP contribution in [-0.4, -0.2) is 26.0 Å². The number of nitrogens with two attached hydrogens (primary N) is 1. The Labute approximate surface area is 109 Å². The van der Waals surface area contributed by atoms with Crippen molar-refractivity contribution in [2.45, 2.75) is 32.9 Å². The van der Waals surface area contributed by atoms with Gasteiger partial charge in [-0.15, -0.1) is 0 Å². The topological polar surface area (TPSA) is 69.4 Å². The Bertz CT molecular complexity index is 498. The molecule has 0 amide bonds. The van der Waals surface area contributed by atoms with E-state index >= 15 is 0 Å². The smallest absolute Gasteiger partial charge is 0.155 e. The Morgan fingerprint density at radius 2 is 1.72 bits per heavy atom. The molecular weight excluding hydrogens is 250 g/mol. The van der Waals surface area contributed by atoms with Crippen molar-refractivity contribution in [2.75, 3.05) is 18.1 Å². The van der Waals surface area contributed by atoms with E-state index in [2.05, 4.69) is 0 Å². The Morgan fingerprint density at radius 1 is 1.22 bits per heavy atom. The maximum atomic E-state index is 11.6. The summed E-state index contributed by atoms with van der Waals surface area (Å²) in [4.78, 5) is 0. The van der Waals surface area contributed by atoms with Crippen LogP contribution in [0.3, 0.4) is 0 Å². The molecule has 2 N–H and O–H groups in total. The second kappa shape index (κ2) is 5.61. The fourth-order valence-electron chi connectivity index (χ4n) is 1.71. The lowest BCUT2D eigenvalue weighted by molar-refractivity contribution is 0.336. The molecule has 0 atom stereocenters. The highest BCUT2D eigenvalue weighted by molar-refractivity contribution is 7.91. The van der Waals surface area contributed by atoms with Gasteiger partial charge in [0.05, 0.1) is 11.0 Å². The van der Waals surface area contributed by atoms with Crippen molar-refractivity contribution in [2.24, 2.45) is 0 Å². The Morgan fingerprint density at radius 3 is 2.17 bits per heavy atom. The molecule has 0 heterocycles. The first-order chi connectivity index (χ1) is 8.24. The van der Waals surface area contributed by atoms with Crippen LogP contribution in [0.15, 0.2) is 12.1 Å². The zero-order valence-corrected chi connectivity index (χ0v) is 12.2. The SMILES string of the molecule is Cc1cc(N)cc(C)c1OCCS(=O)(=O)C(C)C. The molecule has 0 saturated carbocycles. The molecule has 0 aliphatic rings. The summed E-state index contributed by atoms with van der Waals surface area (Å²) in [6.45, 7) is 7.32. The van der Waals surface area contributed by atoms with Crippen molar-refractivity contribution in [1.82, 2.24) is 0 Å². The van der Waals surface area contributed by atoms with Gasteiger partial charge in [-0.05, 0) is 51.0 Å². The van der Waals surface area contributed by atoms with Gasteiger partial charge in [0.1, 0.15) is 12.4 Å². The molecule has 102 valence electrons. The Hall–Kier alpha value is -1.23. The van der Waals surface area contributed by atoms with Gasteiger partial charge in [0.15, 0.2) is 9.84 Å². The molecule has 4 nitrogen and oxygen atoms in total. The van der Waals surface area contributed by atoms with Crippen LogP contribution in [-0.2, 0) is 9.84 Å². The molecule has 1 aromatic rings. The predicted molar refractivity (Wildman–Crippen MR) is 74.7 cm³/mol. The zero-order valence-electron chi connectivity index (χ0n) is 11.4. The third-order valence-corrected chi connectivity index (χ3v) is 4.99. The van der Waals surface area contributed by atoms with E-state index in [1.807, 2.05) is 26.0 Å². The van der Waals surface area contributed by atoms with E-state index < -0.39 is 9.84 Å². The molecular formula is C13H21NO3S. The minimum atomic E-state index is -3.05. The van der Waals surface area contributed by atoms with Gasteiger partial charge in [-0.25, -0.2) is 8.42 Å². The summed E-state index contributed by atoms with van der Waals surface area (Å²) in [5.74, 6) is 0.761. The molecule has 18 heavy (non-hydrogen) atoms. The van der Waals surface area contributed by atoms with E-state index in [-0.39, 0.29) is 17.6 Å². The maximum Gasteiger partial charge on any atom is 0.155 e. The van der Waals surface area contributed by atoms with Crippen molar-refractivity contribution >= 4 is 15.5 Å². The minimum Gasteiger partial charge on any atom is -0.492 e. The lowest BCUT2D eigenvalue weighted by Gasteiger charge is -2.14. The number of sulfone groups is 1. The summed E-state index contributed by atoms with van der Waals surface area (Å²) in [6, 6.07) is 3.64. The molecule has 0 saturated heterocycles. The molecule has 0 radical (unpaired) electrons. The third kappa shape index (κ3) is 3.63. The van der Waals surface area contributed by atoms with E-state index in [9.17, 15) is 8.42 Å². The van der Waals surface area contributed by atoms with Crippen LogP contribution in [0.1, 0.15) is 25.0 Å². The summed E-state index contributed by atoms with van der Waals surface area (Å²) in [7, 11) is -3.05. The second-order valence-electron chi connectivity index (χ2n) is 4.75. The first kappa shape index (κ1) is 14.8. The van der Waals surface area contributed by atoms with Gasteiger partial charge < -0.3 is 10.5 Å². The number of rotatable bonds is 5. The van der Waals surface area contributed by atoms with Gasteiger partial charge in [-0.1, -0.05) is 0 Å². The number of aryl methyl sites for hydroxylation is 2. The summed E-state index contributed by atoms with van der Waals surface area (Å²) >= 11 is 0. The highest BCUT2D eigenvalue weighted by atomic mass is 32.2. The number of anilines is 1. The molecule has 0 spiro atoms. The zero-order chi connectivity index (χ0) is 13.9. The van der Waals surface area contributed by atoms with Crippen molar-refractivity contribution < 1.29 is 13.2 Å². The second-order valence-corrected chi connectivity index (χ2v) is 7.42. The molecule has 0 bridgehead atoms. The summed E-state index contributed by atoms with van der Waals surface area (Å²) in [5, 5.41) is -0.366. The van der Waals surface area contributed by atoms with Crippen LogP contribution in [0.4, 0.5) is 5.69 Å². The minimum absolute atomic E-state index is 0.0356. The van der Waals surface area contributed by atoms with Crippen molar-refractivity contribution in [3.8, 4) is 5.75 Å². The fraction of sp³-hybridized carbons (Fsp3) is 0.538. The summed E-state index contributed by atoms with van der Waals surface area (Å²) < 4.78 is 28.9. The summed E-state index contributed by atoms with van der Waals surface area (Å²) in [6.07, 6.45) is 0. The maximum absolute atomic E-state index is 11.6. The number of ether oxygens (including phenoxy) is 1. The highest BCUT2D eigenvalue weighted by Gasteiger charge is 2.16. The van der Waals surface area contributed by atoms with Gasteiger partial charge in [0, 0.05) is 5.69 Å². The lowest BCUT2D eigenvalue weighted by atomic mass is 10.1. The monoisotopic (exact) mass is 271 g/mol. The number of hydrogen-bond donors (Lipinski definition) is 1. The van der Waals surface area contributed by atoms with Gasteiger partial charge in [0.25, 0.3) is 0 Å². The standard InChI is InChI=1S/C13H21NO3S/c1-9(2)18(15,16)6-5-17-13-10(3)7-12(14)8-11(13)4/h7-9H,5-6,14H2,1-4H3. The molecule has 0 aliphatic heterocycles. The molecule has 0 fully saturated rings. The van der Waals surface area contributed by atoms with E-state index in [1.165, 1.54) is 0 Å². The Balaban J connectivity index is 2.71. The van der Waals surface area contributed by atoms with Gasteiger partial charge in [-0.2, -0.15) is 0 Å². The van der Waals surface area contributed by atoms with Gasteiger partial charge in [0.2, 0.25) is 0 Å². The summed E-state index contributed by atoms with van der Waals surface area (Å²) in [5.41, 5.74) is 8.25. The molecule has 0 aromatic heterocycles. The van der Waals surface area contributed by atoms with Gasteiger partial charge in [-0.3, -0.25) is 0 Å². The first-order valence-electron chi connectivity index (χ1n) is 5.95. The van der Waals surface area contributed by atoms with E-state index in [1.54, 1.807) is 13.8 Å². The van der Waals surface area contributed by atoms with Crippen LogP contribution in [0.25, 0.3) is 0 Å². The number of benzene rings is 1. The average Bonchev–Trinajstić information content (AvgIpc) is 2.21. The van der Waals surface area contributed by atoms with E-state index in [0.29, 0.717) is 5.69 Å². The third-order valence-electron chi connectivity index (χ3n) is 2.82. The van der Waals surface area contributed by atoms with Crippen LogP contribution in [0.5, 0.6) is 5.75 Å². The van der Waals surface area contributed by atoms with Gasteiger partial charge >= 0.3 is 0 Å². The predicted octanol–water partition coefficient (Wildman–Crippen LogP) is 2.09. The number of nitrogen functional groups attached to an aromatic ring is 1. The van der Waals surface area contributed by atoms with Crippen molar-refractivity contribution in [3.63, 3.8) is 0 Å². The normalized spacial score (nSPS) is 11.8. The van der Waals surface area contributed by atoms with Crippen molar-refractivity contribution in [3.05, 3.63) is 23.3 Å². The van der Waals surface area contributed by atoms with Crippen molar-refractivity contribution in [1.29, 1.82) is 0 Å². The Kier molecular flexibility index (Phi) is 4.62. The molecule has 5 heteroatoms.